The van der Waals surface area contributed by atoms with E-state index in [0.29, 0.717) is 0 Å². The molecule has 0 spiro atoms. The quantitative estimate of drug-likeness (QED) is 0.572. The minimum absolute atomic E-state index is 0.0375. The molecule has 2 N–H and O–H groups in total. The molecular formula is C19H17F3N2O6. The highest BCUT2D eigenvalue weighted by atomic mass is 19.4. The number of hydrogen-bond acceptors (Lipinski definition) is 6. The number of ether oxygens (including phenoxy) is 2. The highest BCUT2D eigenvalue weighted by Crippen LogP contribution is 2.42. The summed E-state index contributed by atoms with van der Waals surface area (Å²) in [6, 6.07) is 7.23. The van der Waals surface area contributed by atoms with Gasteiger partial charge in [0.15, 0.2) is 0 Å². The topological polar surface area (TPSA) is 111 Å². The van der Waals surface area contributed by atoms with E-state index in [1.165, 1.54) is 38.1 Å². The van der Waals surface area contributed by atoms with Gasteiger partial charge in [0.2, 0.25) is 0 Å². The number of benzene rings is 2. The van der Waals surface area contributed by atoms with Gasteiger partial charge in [-0.15, -0.1) is 13.2 Å². The summed E-state index contributed by atoms with van der Waals surface area (Å²) < 4.78 is 47.3. The highest BCUT2D eigenvalue weighted by molar-refractivity contribution is 5.98. The summed E-state index contributed by atoms with van der Waals surface area (Å²) in [6.07, 6.45) is -6.32. The molecule has 1 aliphatic rings. The monoisotopic (exact) mass is 426 g/mol. The number of nitro benzene ring substituents is 1. The molecular weight excluding hydrogens is 409 g/mol. The molecule has 2 aromatic carbocycles. The summed E-state index contributed by atoms with van der Waals surface area (Å²) in [5.41, 5.74) is -1.89. The van der Waals surface area contributed by atoms with E-state index < -0.39 is 46.4 Å². The number of carbonyl (C=O) groups excluding carboxylic acids is 1. The van der Waals surface area contributed by atoms with Crippen LogP contribution in [-0.2, 0) is 0 Å². The van der Waals surface area contributed by atoms with Crippen LogP contribution in [0, 0.1) is 10.1 Å². The maximum atomic E-state index is 12.7. The van der Waals surface area contributed by atoms with Crippen LogP contribution in [0.2, 0.25) is 0 Å². The fourth-order valence-electron chi connectivity index (χ4n) is 3.18. The van der Waals surface area contributed by atoms with Crippen LogP contribution >= 0.6 is 0 Å². The molecule has 0 fully saturated rings. The Morgan fingerprint density at radius 3 is 2.57 bits per heavy atom. The largest absolute Gasteiger partial charge is 0.573 e. The number of halogens is 3. The zero-order chi connectivity index (χ0) is 22.3. The van der Waals surface area contributed by atoms with Crippen molar-refractivity contribution < 1.29 is 37.5 Å². The van der Waals surface area contributed by atoms with Gasteiger partial charge in [-0.1, -0.05) is 12.1 Å². The smallest absolute Gasteiger partial charge is 0.485 e. The lowest BCUT2D eigenvalue weighted by molar-refractivity contribution is -0.385. The maximum absolute atomic E-state index is 12.7. The first kappa shape index (κ1) is 21.4. The zero-order valence-electron chi connectivity index (χ0n) is 15.8. The average molecular weight is 426 g/mol. The molecule has 1 amide bonds. The summed E-state index contributed by atoms with van der Waals surface area (Å²) in [7, 11) is 0. The van der Waals surface area contributed by atoms with Gasteiger partial charge < -0.3 is 19.9 Å². The van der Waals surface area contributed by atoms with E-state index >= 15 is 0 Å². The second-order valence-corrected chi connectivity index (χ2v) is 7.12. The molecule has 3 rings (SSSR count). The van der Waals surface area contributed by atoms with Gasteiger partial charge in [-0.05, 0) is 38.1 Å². The van der Waals surface area contributed by atoms with E-state index in [0.717, 1.165) is 18.2 Å². The lowest BCUT2D eigenvalue weighted by Gasteiger charge is -2.42. The first-order valence-electron chi connectivity index (χ1n) is 8.70. The number of aliphatic hydroxyl groups is 1. The second kappa shape index (κ2) is 7.48. The zero-order valence-corrected chi connectivity index (χ0v) is 15.8. The van der Waals surface area contributed by atoms with E-state index in [4.69, 9.17) is 4.74 Å². The lowest BCUT2D eigenvalue weighted by Crippen LogP contribution is -2.53. The Bertz CT molecular complexity index is 992. The molecule has 160 valence electrons. The summed E-state index contributed by atoms with van der Waals surface area (Å²) in [5, 5.41) is 24.4. The Balaban J connectivity index is 2.00. The predicted octanol–water partition coefficient (Wildman–Crippen LogP) is 3.50. The third-order valence-electron chi connectivity index (χ3n) is 4.58. The van der Waals surface area contributed by atoms with Gasteiger partial charge in [-0.3, -0.25) is 14.9 Å². The molecule has 1 aliphatic heterocycles. The van der Waals surface area contributed by atoms with Crippen LogP contribution in [0.1, 0.15) is 35.8 Å². The van der Waals surface area contributed by atoms with Crippen molar-refractivity contribution in [1.82, 2.24) is 5.32 Å². The van der Waals surface area contributed by atoms with Crippen LogP contribution in [0.5, 0.6) is 11.5 Å². The second-order valence-electron chi connectivity index (χ2n) is 7.12. The Hall–Kier alpha value is -3.34. The number of amides is 1. The first-order chi connectivity index (χ1) is 13.9. The Labute approximate surface area is 168 Å². The number of carbonyl (C=O) groups is 1. The summed E-state index contributed by atoms with van der Waals surface area (Å²) in [6.45, 7) is 3.07. The summed E-state index contributed by atoms with van der Waals surface area (Å²) >= 11 is 0. The normalized spacial score (nSPS) is 19.9. The molecule has 0 aliphatic carbocycles. The van der Waals surface area contributed by atoms with Gasteiger partial charge in [-0.2, -0.15) is 0 Å². The molecule has 1 heterocycles. The third kappa shape index (κ3) is 4.30. The van der Waals surface area contributed by atoms with Crippen LogP contribution in [0.3, 0.4) is 0 Å². The first-order valence-corrected chi connectivity index (χ1v) is 8.70. The van der Waals surface area contributed by atoms with Crippen molar-refractivity contribution in [3.05, 3.63) is 63.7 Å². The minimum Gasteiger partial charge on any atom is -0.485 e. The van der Waals surface area contributed by atoms with Crippen molar-refractivity contribution in [2.45, 2.75) is 38.0 Å². The lowest BCUT2D eigenvalue weighted by atomic mass is 9.86. The van der Waals surface area contributed by atoms with Crippen molar-refractivity contribution in [1.29, 1.82) is 0 Å². The number of nitro groups is 1. The molecule has 0 saturated carbocycles. The predicted molar refractivity (Wildman–Crippen MR) is 97.1 cm³/mol. The molecule has 2 atom stereocenters. The Kier molecular flexibility index (Phi) is 5.33. The number of nitrogens with zero attached hydrogens (tertiary/aromatic N) is 1. The molecule has 11 heteroatoms. The van der Waals surface area contributed by atoms with Crippen molar-refractivity contribution >= 4 is 11.6 Å². The van der Waals surface area contributed by atoms with Gasteiger partial charge >= 0.3 is 6.36 Å². The van der Waals surface area contributed by atoms with E-state index in [-0.39, 0.29) is 16.9 Å². The third-order valence-corrected chi connectivity index (χ3v) is 4.58. The molecule has 0 saturated heterocycles. The number of para-hydroxylation sites is 1. The number of aliphatic hydroxyl groups excluding tert-OH is 1. The fourth-order valence-corrected chi connectivity index (χ4v) is 3.18. The van der Waals surface area contributed by atoms with Gasteiger partial charge in [0.1, 0.15) is 28.8 Å². The molecule has 30 heavy (non-hydrogen) atoms. The highest BCUT2D eigenvalue weighted by Gasteiger charge is 2.44. The molecule has 0 radical (unpaired) electrons. The number of rotatable bonds is 4. The standard InChI is InChI=1S/C19H17F3N2O6/c1-18(2)16(25)15(23-17(26)11-5-3-4-6-13(11)24(27)28)12-9-10(29-19(20,21)22)7-8-14(12)30-18/h3-9,15-16,25H,1-2H3,(H,23,26). The number of hydrogen-bond donors (Lipinski definition) is 2. The van der Waals surface area contributed by atoms with Crippen LogP contribution in [0.4, 0.5) is 18.9 Å². The van der Waals surface area contributed by atoms with Crippen molar-refractivity contribution in [3.8, 4) is 11.5 Å². The van der Waals surface area contributed by atoms with Gasteiger partial charge in [0.25, 0.3) is 11.6 Å². The number of fused-ring (bicyclic) bond motifs is 1. The Morgan fingerprint density at radius 1 is 1.27 bits per heavy atom. The van der Waals surface area contributed by atoms with E-state index in [2.05, 4.69) is 10.1 Å². The number of alkyl halides is 3. The molecule has 0 aromatic heterocycles. The van der Waals surface area contributed by atoms with E-state index in [1.807, 2.05) is 0 Å². The average Bonchev–Trinajstić information content (AvgIpc) is 2.64. The van der Waals surface area contributed by atoms with E-state index in [1.54, 1.807) is 0 Å². The fraction of sp³-hybridized carbons (Fsp3) is 0.316. The van der Waals surface area contributed by atoms with Crippen molar-refractivity contribution in [2.24, 2.45) is 0 Å². The number of nitrogens with one attached hydrogen (secondary N) is 1. The van der Waals surface area contributed by atoms with Crippen molar-refractivity contribution in [2.75, 3.05) is 0 Å². The van der Waals surface area contributed by atoms with Crippen molar-refractivity contribution in [3.63, 3.8) is 0 Å². The van der Waals surface area contributed by atoms with Crippen LogP contribution in [0.15, 0.2) is 42.5 Å². The maximum Gasteiger partial charge on any atom is 0.573 e. The molecule has 2 unspecified atom stereocenters. The minimum atomic E-state index is -4.94. The van der Waals surface area contributed by atoms with Gasteiger partial charge in [0.05, 0.1) is 11.0 Å². The van der Waals surface area contributed by atoms with Gasteiger partial charge in [-0.25, -0.2) is 0 Å². The summed E-state index contributed by atoms with van der Waals surface area (Å²) in [5.74, 6) is -1.31. The summed E-state index contributed by atoms with van der Waals surface area (Å²) in [4.78, 5) is 23.2. The SMILES string of the molecule is CC1(C)Oc2ccc(OC(F)(F)F)cc2C(NC(=O)c2ccccc2[N+](=O)[O-])C1O. The molecule has 8 nitrogen and oxygen atoms in total. The van der Waals surface area contributed by atoms with Crippen LogP contribution in [-0.4, -0.2) is 34.0 Å². The Morgan fingerprint density at radius 2 is 1.93 bits per heavy atom. The van der Waals surface area contributed by atoms with Gasteiger partial charge in [0, 0.05) is 11.6 Å². The molecule has 0 bridgehead atoms. The van der Waals surface area contributed by atoms with Crippen LogP contribution < -0.4 is 14.8 Å². The van der Waals surface area contributed by atoms with Crippen LogP contribution in [0.25, 0.3) is 0 Å². The molecule has 2 aromatic rings. The van der Waals surface area contributed by atoms with E-state index in [9.17, 15) is 33.2 Å².